The summed E-state index contributed by atoms with van der Waals surface area (Å²) < 4.78 is 58.7. The number of fused-ring (bicyclic) bond motifs is 1. The van der Waals surface area contributed by atoms with Gasteiger partial charge in [0.1, 0.15) is 17.4 Å². The van der Waals surface area contributed by atoms with E-state index in [0.717, 1.165) is 0 Å². The van der Waals surface area contributed by atoms with Crippen molar-refractivity contribution in [2.45, 2.75) is 51.3 Å². The number of alkyl halides is 3. The van der Waals surface area contributed by atoms with Crippen molar-refractivity contribution in [2.75, 3.05) is 19.0 Å². The molecular formula is C20H24F3N7O4. The summed E-state index contributed by atoms with van der Waals surface area (Å²) in [5.41, 5.74) is 0.576. The Morgan fingerprint density at radius 1 is 1.35 bits per heavy atom. The summed E-state index contributed by atoms with van der Waals surface area (Å²) in [4.78, 5) is 20.0. The number of hydrogen-bond acceptors (Lipinski definition) is 8. The van der Waals surface area contributed by atoms with Gasteiger partial charge in [0.05, 0.1) is 24.6 Å². The second-order valence-electron chi connectivity index (χ2n) is 7.97. The third-order valence-electron chi connectivity index (χ3n) is 4.93. The number of anilines is 2. The molecule has 1 amide bonds. The number of nitrogens with zero attached hydrogens (tertiary/aromatic N) is 4. The van der Waals surface area contributed by atoms with Gasteiger partial charge < -0.3 is 24.8 Å². The topological polar surface area (TPSA) is 128 Å². The number of halogens is 3. The molecule has 3 aromatic rings. The van der Waals surface area contributed by atoms with Crippen LogP contribution in [0.15, 0.2) is 18.3 Å². The number of ether oxygens (including phenoxy) is 3. The van der Waals surface area contributed by atoms with Gasteiger partial charge in [-0.25, -0.2) is 27.9 Å². The predicted molar refractivity (Wildman–Crippen MR) is 113 cm³/mol. The highest BCUT2D eigenvalue weighted by Crippen LogP contribution is 2.33. The Bertz CT molecular complexity index is 1150. The zero-order valence-electron chi connectivity index (χ0n) is 18.6. The zero-order chi connectivity index (χ0) is 24.4. The Morgan fingerprint density at radius 3 is 2.85 bits per heavy atom. The Balaban J connectivity index is 1.51. The molecule has 1 aliphatic heterocycles. The Hall–Kier alpha value is -3.39. The highest BCUT2D eigenvalue weighted by molar-refractivity contribution is 5.67. The zero-order valence-corrected chi connectivity index (χ0v) is 18.6. The first kappa shape index (κ1) is 23.8. The molecular weight excluding hydrogens is 459 g/mol. The molecule has 0 radical (unpaired) electrons. The van der Waals surface area contributed by atoms with Gasteiger partial charge in [0, 0.05) is 31.5 Å². The van der Waals surface area contributed by atoms with Crippen molar-refractivity contribution < 1.29 is 32.2 Å². The first-order valence-corrected chi connectivity index (χ1v) is 10.5. The molecule has 1 fully saturated rings. The van der Waals surface area contributed by atoms with E-state index in [1.807, 2.05) is 0 Å². The van der Waals surface area contributed by atoms with E-state index >= 15 is 0 Å². The standard InChI is InChI=1S/C20H24F3N7O4/c1-9(2)24-20(31)34-13-8-33-17(16(13)21)11-4-14(29-28-11)27-19-26-12(18(22)23)5-15-25-10(7-32-3)6-30(15)19/h4-6,9,13,16-18H,7-8H2,1-3H3,(H,24,31)(H2,26,27,28,29)/t13-,16-,17-/m0/s1. The lowest BCUT2D eigenvalue weighted by atomic mass is 10.1. The molecule has 3 aromatic heterocycles. The van der Waals surface area contributed by atoms with Gasteiger partial charge in [-0.2, -0.15) is 5.10 Å². The monoisotopic (exact) mass is 483 g/mol. The van der Waals surface area contributed by atoms with Gasteiger partial charge in [-0.3, -0.25) is 9.50 Å². The molecule has 14 heteroatoms. The molecule has 3 atom stereocenters. The fraction of sp³-hybridized carbons (Fsp3) is 0.500. The average molecular weight is 483 g/mol. The van der Waals surface area contributed by atoms with Crippen molar-refractivity contribution in [1.82, 2.24) is 29.9 Å². The molecule has 4 heterocycles. The maximum Gasteiger partial charge on any atom is 0.407 e. The molecule has 11 nitrogen and oxygen atoms in total. The summed E-state index contributed by atoms with van der Waals surface area (Å²) in [6.07, 6.45) is -5.73. The van der Waals surface area contributed by atoms with E-state index in [4.69, 9.17) is 14.2 Å². The minimum Gasteiger partial charge on any atom is -0.441 e. The Morgan fingerprint density at radius 2 is 2.15 bits per heavy atom. The van der Waals surface area contributed by atoms with E-state index in [1.54, 1.807) is 20.0 Å². The van der Waals surface area contributed by atoms with E-state index < -0.39 is 36.6 Å². The van der Waals surface area contributed by atoms with Crippen LogP contribution in [0.3, 0.4) is 0 Å². The molecule has 1 saturated heterocycles. The normalized spacial score (nSPS) is 20.4. The highest BCUT2D eigenvalue weighted by Gasteiger charge is 2.42. The van der Waals surface area contributed by atoms with Crippen LogP contribution in [0.5, 0.6) is 0 Å². The largest absolute Gasteiger partial charge is 0.441 e. The lowest BCUT2D eigenvalue weighted by Gasteiger charge is -2.16. The van der Waals surface area contributed by atoms with E-state index in [-0.39, 0.29) is 42.4 Å². The molecule has 0 bridgehead atoms. The third-order valence-corrected chi connectivity index (χ3v) is 4.93. The first-order valence-electron chi connectivity index (χ1n) is 10.5. The van der Waals surface area contributed by atoms with Gasteiger partial charge in [0.2, 0.25) is 5.95 Å². The van der Waals surface area contributed by atoms with E-state index in [2.05, 4.69) is 30.8 Å². The van der Waals surface area contributed by atoms with Gasteiger partial charge in [-0.1, -0.05) is 0 Å². The molecule has 0 aliphatic carbocycles. The highest BCUT2D eigenvalue weighted by atomic mass is 19.3. The molecule has 4 rings (SSSR count). The molecule has 3 N–H and O–H groups in total. The maximum absolute atomic E-state index is 14.9. The van der Waals surface area contributed by atoms with Crippen molar-refractivity contribution in [3.8, 4) is 0 Å². The number of alkyl carbamates (subject to hydrolysis) is 1. The maximum atomic E-state index is 14.9. The minimum absolute atomic E-state index is 0.0383. The van der Waals surface area contributed by atoms with Crippen LogP contribution in [-0.4, -0.2) is 62.7 Å². The van der Waals surface area contributed by atoms with Crippen molar-refractivity contribution in [2.24, 2.45) is 0 Å². The number of imidazole rings is 1. The van der Waals surface area contributed by atoms with Gasteiger partial charge >= 0.3 is 6.09 Å². The SMILES string of the molecule is COCc1cn2c(Nc3cc([C@@H]4OC[C@H](OC(=O)NC(C)C)[C@@H]4F)[nH]n3)nc(C(F)F)cc2n1. The first-order chi connectivity index (χ1) is 16.2. The van der Waals surface area contributed by atoms with Crippen molar-refractivity contribution in [1.29, 1.82) is 0 Å². The lowest BCUT2D eigenvalue weighted by Crippen LogP contribution is -2.36. The summed E-state index contributed by atoms with van der Waals surface area (Å²) in [5, 5.41) is 12.1. The number of nitrogens with one attached hydrogen (secondary N) is 3. The number of methoxy groups -OCH3 is 1. The van der Waals surface area contributed by atoms with Gasteiger partial charge in [-0.05, 0) is 13.8 Å². The number of aromatic amines is 1. The summed E-state index contributed by atoms with van der Waals surface area (Å²) in [6.45, 7) is 3.56. The second-order valence-corrected chi connectivity index (χ2v) is 7.97. The molecule has 34 heavy (non-hydrogen) atoms. The number of aromatic nitrogens is 5. The fourth-order valence-corrected chi connectivity index (χ4v) is 3.48. The van der Waals surface area contributed by atoms with E-state index in [0.29, 0.717) is 5.69 Å². The summed E-state index contributed by atoms with van der Waals surface area (Å²) >= 11 is 0. The van der Waals surface area contributed by atoms with Crippen LogP contribution in [0.2, 0.25) is 0 Å². The minimum atomic E-state index is -2.81. The van der Waals surface area contributed by atoms with Crippen LogP contribution in [0.4, 0.5) is 29.7 Å². The van der Waals surface area contributed by atoms with Crippen LogP contribution >= 0.6 is 0 Å². The predicted octanol–water partition coefficient (Wildman–Crippen LogP) is 3.19. The Kier molecular flexibility index (Phi) is 6.88. The molecule has 184 valence electrons. The number of H-pyrrole nitrogens is 1. The molecule has 0 saturated carbocycles. The Labute approximate surface area is 192 Å². The van der Waals surface area contributed by atoms with Crippen LogP contribution in [0.25, 0.3) is 5.65 Å². The van der Waals surface area contributed by atoms with Gasteiger partial charge in [0.25, 0.3) is 6.43 Å². The average Bonchev–Trinajstić information content (AvgIpc) is 3.47. The van der Waals surface area contributed by atoms with Gasteiger partial charge in [-0.15, -0.1) is 0 Å². The number of carbonyl (C=O) groups excluding carboxylic acids is 1. The van der Waals surface area contributed by atoms with Crippen molar-refractivity contribution in [3.63, 3.8) is 0 Å². The summed E-state index contributed by atoms with van der Waals surface area (Å²) in [5.74, 6) is 0.228. The van der Waals surface area contributed by atoms with Crippen LogP contribution in [0.1, 0.15) is 43.5 Å². The summed E-state index contributed by atoms with van der Waals surface area (Å²) in [6, 6.07) is 2.49. The van der Waals surface area contributed by atoms with E-state index in [9.17, 15) is 18.0 Å². The molecule has 0 aromatic carbocycles. The van der Waals surface area contributed by atoms with Crippen molar-refractivity contribution in [3.05, 3.63) is 35.4 Å². The summed E-state index contributed by atoms with van der Waals surface area (Å²) in [7, 11) is 1.49. The van der Waals surface area contributed by atoms with Crippen LogP contribution in [-0.2, 0) is 20.8 Å². The van der Waals surface area contributed by atoms with Crippen LogP contribution in [0, 0.1) is 0 Å². The van der Waals surface area contributed by atoms with Gasteiger partial charge in [0.15, 0.2) is 18.1 Å². The number of carbonyl (C=O) groups is 1. The second kappa shape index (κ2) is 9.85. The third kappa shape index (κ3) is 5.07. The smallest absolute Gasteiger partial charge is 0.407 e. The fourth-order valence-electron chi connectivity index (χ4n) is 3.48. The lowest BCUT2D eigenvalue weighted by molar-refractivity contribution is 0.0615. The van der Waals surface area contributed by atoms with Crippen LogP contribution < -0.4 is 10.6 Å². The molecule has 0 spiro atoms. The van der Waals surface area contributed by atoms with Crippen molar-refractivity contribution >= 4 is 23.5 Å². The number of amides is 1. The van der Waals surface area contributed by atoms with E-state index in [1.165, 1.54) is 23.6 Å². The molecule has 1 aliphatic rings. The molecule has 0 unspecified atom stereocenters. The number of rotatable bonds is 8. The quantitative estimate of drug-likeness (QED) is 0.446. The number of hydrogen-bond donors (Lipinski definition) is 3.